The number of pyridine rings is 1. The van der Waals surface area contributed by atoms with Gasteiger partial charge in [0, 0.05) is 17.1 Å². The first-order chi connectivity index (χ1) is 9.16. The summed E-state index contributed by atoms with van der Waals surface area (Å²) in [5, 5.41) is 0.567. The van der Waals surface area contributed by atoms with E-state index in [1.165, 1.54) is 4.57 Å². The summed E-state index contributed by atoms with van der Waals surface area (Å²) >= 11 is 0. The molecular formula is C15H10N2O2. The number of benzene rings is 1. The number of aromatic amines is 1. The first kappa shape index (κ1) is 10.3. The van der Waals surface area contributed by atoms with E-state index in [9.17, 15) is 9.59 Å². The third-order valence-corrected chi connectivity index (χ3v) is 3.59. The summed E-state index contributed by atoms with van der Waals surface area (Å²) in [6.45, 7) is 1.93. The van der Waals surface area contributed by atoms with Gasteiger partial charge in [-0.15, -0.1) is 0 Å². The van der Waals surface area contributed by atoms with Crippen LogP contribution in [0.25, 0.3) is 22.3 Å². The van der Waals surface area contributed by atoms with E-state index >= 15 is 0 Å². The molecule has 4 rings (SSSR count). The van der Waals surface area contributed by atoms with Crippen LogP contribution >= 0.6 is 0 Å². The van der Waals surface area contributed by atoms with Gasteiger partial charge < -0.3 is 4.98 Å². The Hall–Kier alpha value is -2.62. The van der Waals surface area contributed by atoms with Crippen molar-refractivity contribution >= 4 is 16.8 Å². The van der Waals surface area contributed by atoms with E-state index in [-0.39, 0.29) is 16.9 Å². The van der Waals surface area contributed by atoms with Gasteiger partial charge in [0.2, 0.25) is 5.43 Å². The van der Waals surface area contributed by atoms with Crippen molar-refractivity contribution in [3.8, 4) is 11.4 Å². The Morgan fingerprint density at radius 3 is 2.84 bits per heavy atom. The van der Waals surface area contributed by atoms with E-state index in [0.29, 0.717) is 11.1 Å². The molecule has 0 amide bonds. The van der Waals surface area contributed by atoms with E-state index in [0.717, 1.165) is 16.8 Å². The smallest absolute Gasteiger partial charge is 0.268 e. The van der Waals surface area contributed by atoms with Gasteiger partial charge in [-0.1, -0.05) is 11.6 Å². The van der Waals surface area contributed by atoms with Gasteiger partial charge in [0.1, 0.15) is 5.56 Å². The minimum Gasteiger partial charge on any atom is -0.352 e. The number of H-pyrrole nitrogens is 1. The van der Waals surface area contributed by atoms with Gasteiger partial charge in [-0.3, -0.25) is 14.2 Å². The van der Waals surface area contributed by atoms with Gasteiger partial charge >= 0.3 is 0 Å². The highest BCUT2D eigenvalue weighted by molar-refractivity contribution is 6.10. The molecule has 0 aliphatic carbocycles. The zero-order chi connectivity index (χ0) is 13.1. The summed E-state index contributed by atoms with van der Waals surface area (Å²) in [6, 6.07) is 9.27. The second kappa shape index (κ2) is 3.23. The summed E-state index contributed by atoms with van der Waals surface area (Å²) in [4.78, 5) is 27.9. The molecule has 0 bridgehead atoms. The SMILES string of the molecule is Cc1ccc2[nH]c3c(c(=O)c2c1)C(=O)n1cccc1-3. The molecule has 3 heterocycles. The number of hydrogen-bond donors (Lipinski definition) is 1. The molecule has 92 valence electrons. The minimum absolute atomic E-state index is 0.193. The number of rotatable bonds is 0. The summed E-state index contributed by atoms with van der Waals surface area (Å²) in [5.41, 5.74) is 3.19. The summed E-state index contributed by atoms with van der Waals surface area (Å²) in [7, 11) is 0. The number of fused-ring (bicyclic) bond motifs is 4. The van der Waals surface area contributed by atoms with Crippen LogP contribution in [0.3, 0.4) is 0 Å². The summed E-state index contributed by atoms with van der Waals surface area (Å²) in [6.07, 6.45) is 1.68. The molecule has 0 saturated carbocycles. The van der Waals surface area contributed by atoms with Crippen molar-refractivity contribution in [2.24, 2.45) is 0 Å². The number of aryl methyl sites for hydroxylation is 1. The highest BCUT2D eigenvalue weighted by atomic mass is 16.2. The van der Waals surface area contributed by atoms with Crippen molar-refractivity contribution in [1.29, 1.82) is 0 Å². The molecule has 1 aromatic carbocycles. The quantitative estimate of drug-likeness (QED) is 0.520. The zero-order valence-electron chi connectivity index (χ0n) is 10.2. The lowest BCUT2D eigenvalue weighted by Gasteiger charge is -2.03. The van der Waals surface area contributed by atoms with E-state index in [4.69, 9.17) is 0 Å². The number of hydrogen-bond acceptors (Lipinski definition) is 2. The van der Waals surface area contributed by atoms with Gasteiger partial charge in [-0.05, 0) is 31.2 Å². The van der Waals surface area contributed by atoms with E-state index in [1.807, 2.05) is 31.2 Å². The third kappa shape index (κ3) is 1.18. The molecule has 0 atom stereocenters. The van der Waals surface area contributed by atoms with Crippen molar-refractivity contribution in [3.63, 3.8) is 0 Å². The van der Waals surface area contributed by atoms with Gasteiger partial charge in [0.05, 0.1) is 11.4 Å². The fraction of sp³-hybridized carbons (Fsp3) is 0.0667. The van der Waals surface area contributed by atoms with Crippen LogP contribution in [0.4, 0.5) is 0 Å². The molecule has 0 saturated heterocycles. The first-order valence-corrected chi connectivity index (χ1v) is 6.06. The Kier molecular flexibility index (Phi) is 1.75. The van der Waals surface area contributed by atoms with Crippen LogP contribution in [-0.4, -0.2) is 15.5 Å². The van der Waals surface area contributed by atoms with E-state index in [1.54, 1.807) is 12.3 Å². The molecule has 19 heavy (non-hydrogen) atoms. The monoisotopic (exact) mass is 250 g/mol. The third-order valence-electron chi connectivity index (χ3n) is 3.59. The fourth-order valence-electron chi connectivity index (χ4n) is 2.68. The average Bonchev–Trinajstić information content (AvgIpc) is 2.95. The Morgan fingerprint density at radius 1 is 1.16 bits per heavy atom. The summed E-state index contributed by atoms with van der Waals surface area (Å²) in [5.74, 6) is -0.250. The second-order valence-electron chi connectivity index (χ2n) is 4.82. The fourth-order valence-corrected chi connectivity index (χ4v) is 2.68. The Balaban J connectivity index is 2.22. The standard InChI is InChI=1S/C15H10N2O2/c1-8-4-5-10-9(7-8)14(18)12-13(16-10)11-3-2-6-17(11)15(12)19/h2-7H,1H3,(H,16,18). The van der Waals surface area contributed by atoms with Gasteiger partial charge in [-0.25, -0.2) is 0 Å². The average molecular weight is 250 g/mol. The number of aromatic nitrogens is 2. The molecule has 0 fully saturated rings. The number of nitrogens with one attached hydrogen (secondary N) is 1. The minimum atomic E-state index is -0.250. The normalized spacial score (nSPS) is 12.8. The predicted molar refractivity (Wildman–Crippen MR) is 72.5 cm³/mol. The Morgan fingerprint density at radius 2 is 2.00 bits per heavy atom. The highest BCUT2D eigenvalue weighted by Crippen LogP contribution is 2.29. The van der Waals surface area contributed by atoms with Crippen molar-refractivity contribution in [1.82, 2.24) is 9.55 Å². The van der Waals surface area contributed by atoms with Crippen LogP contribution in [0.1, 0.15) is 15.9 Å². The molecule has 2 aromatic heterocycles. The molecule has 3 aromatic rings. The lowest BCUT2D eigenvalue weighted by Crippen LogP contribution is -2.17. The van der Waals surface area contributed by atoms with Gasteiger partial charge in [-0.2, -0.15) is 0 Å². The van der Waals surface area contributed by atoms with Crippen molar-refractivity contribution in [2.45, 2.75) is 6.92 Å². The van der Waals surface area contributed by atoms with E-state index in [2.05, 4.69) is 4.98 Å². The molecule has 0 spiro atoms. The van der Waals surface area contributed by atoms with Crippen LogP contribution in [0, 0.1) is 6.92 Å². The second-order valence-corrected chi connectivity index (χ2v) is 4.82. The van der Waals surface area contributed by atoms with E-state index < -0.39 is 0 Å². The lowest BCUT2D eigenvalue weighted by atomic mass is 10.1. The van der Waals surface area contributed by atoms with Crippen LogP contribution < -0.4 is 5.43 Å². The number of carbonyl (C=O) groups excluding carboxylic acids is 1. The highest BCUT2D eigenvalue weighted by Gasteiger charge is 2.30. The molecule has 4 heteroatoms. The zero-order valence-corrected chi connectivity index (χ0v) is 10.2. The molecular weight excluding hydrogens is 240 g/mol. The summed E-state index contributed by atoms with van der Waals surface area (Å²) < 4.78 is 1.51. The largest absolute Gasteiger partial charge is 0.352 e. The maximum atomic E-state index is 12.5. The van der Waals surface area contributed by atoms with Gasteiger partial charge in [0.25, 0.3) is 5.91 Å². The predicted octanol–water partition coefficient (Wildman–Crippen LogP) is 2.31. The van der Waals surface area contributed by atoms with Crippen LogP contribution in [0.5, 0.6) is 0 Å². The maximum absolute atomic E-state index is 12.5. The van der Waals surface area contributed by atoms with Crippen LogP contribution in [-0.2, 0) is 0 Å². The van der Waals surface area contributed by atoms with Crippen molar-refractivity contribution < 1.29 is 4.79 Å². The number of nitrogens with zero attached hydrogens (tertiary/aromatic N) is 1. The molecule has 1 aliphatic heterocycles. The molecule has 4 nitrogen and oxygen atoms in total. The maximum Gasteiger partial charge on any atom is 0.268 e. The Labute approximate surface area is 108 Å². The molecule has 0 radical (unpaired) electrons. The topological polar surface area (TPSA) is 54.9 Å². The van der Waals surface area contributed by atoms with Crippen LogP contribution in [0.2, 0.25) is 0 Å². The molecule has 1 aliphatic rings. The van der Waals surface area contributed by atoms with Crippen LogP contribution in [0.15, 0.2) is 41.3 Å². The lowest BCUT2D eigenvalue weighted by molar-refractivity contribution is 0.0968. The number of carbonyl (C=O) groups is 1. The molecule has 0 unspecified atom stereocenters. The van der Waals surface area contributed by atoms with Crippen molar-refractivity contribution in [2.75, 3.05) is 0 Å². The van der Waals surface area contributed by atoms with Crippen molar-refractivity contribution in [3.05, 3.63) is 57.9 Å². The van der Waals surface area contributed by atoms with Gasteiger partial charge in [0.15, 0.2) is 0 Å². The Bertz CT molecular complexity index is 916. The molecule has 1 N–H and O–H groups in total. The first-order valence-electron chi connectivity index (χ1n) is 6.06.